The number of phosphoric acid groups is 2. The van der Waals surface area contributed by atoms with Crippen molar-refractivity contribution in [1.29, 1.82) is 0 Å². The molecule has 3 N–H and O–H groups in total. The second-order valence-corrected chi connectivity index (χ2v) is 31.1. The highest BCUT2D eigenvalue weighted by molar-refractivity contribution is 7.47. The highest BCUT2D eigenvalue weighted by Crippen LogP contribution is 2.45. The van der Waals surface area contributed by atoms with Gasteiger partial charge in [0.05, 0.1) is 26.4 Å². The molecule has 96 heavy (non-hydrogen) atoms. The summed E-state index contributed by atoms with van der Waals surface area (Å²) in [5, 5.41) is 10.6. The van der Waals surface area contributed by atoms with Crippen molar-refractivity contribution in [2.75, 3.05) is 39.6 Å². The molecule has 5 atom stereocenters. The van der Waals surface area contributed by atoms with E-state index in [0.717, 1.165) is 95.8 Å². The first-order valence-corrected chi connectivity index (χ1v) is 43.1. The van der Waals surface area contributed by atoms with E-state index in [0.29, 0.717) is 25.7 Å². The Hall–Kier alpha value is -1.94. The molecule has 2 unspecified atom stereocenters. The minimum Gasteiger partial charge on any atom is -0.462 e. The van der Waals surface area contributed by atoms with E-state index in [1.54, 1.807) is 0 Å². The normalized spacial score (nSPS) is 13.9. The van der Waals surface area contributed by atoms with Gasteiger partial charge in [-0.15, -0.1) is 0 Å². The highest BCUT2D eigenvalue weighted by Gasteiger charge is 2.30. The van der Waals surface area contributed by atoms with Crippen molar-refractivity contribution >= 4 is 39.5 Å². The summed E-state index contributed by atoms with van der Waals surface area (Å²) in [7, 11) is -9.91. The Morgan fingerprint density at radius 1 is 0.281 bits per heavy atom. The summed E-state index contributed by atoms with van der Waals surface area (Å²) in [5.74, 6) is -1.38. The minimum absolute atomic E-state index is 0.107. The number of hydrogen-bond acceptors (Lipinski definition) is 15. The number of aliphatic hydroxyl groups is 1. The molecule has 0 bridgehead atoms. The van der Waals surface area contributed by atoms with Gasteiger partial charge in [-0.05, 0) is 31.6 Å². The zero-order chi connectivity index (χ0) is 70.5. The number of rotatable bonds is 77. The van der Waals surface area contributed by atoms with Crippen LogP contribution in [0, 0.1) is 5.92 Å². The number of ether oxygens (including phenoxy) is 4. The van der Waals surface area contributed by atoms with Gasteiger partial charge in [0.15, 0.2) is 12.2 Å². The average molecular weight is 1410 g/mol. The van der Waals surface area contributed by atoms with Crippen LogP contribution in [0.15, 0.2) is 0 Å². The first-order chi connectivity index (χ1) is 46.5. The van der Waals surface area contributed by atoms with Crippen LogP contribution in [0.5, 0.6) is 0 Å². The van der Waals surface area contributed by atoms with Crippen LogP contribution in [0.1, 0.15) is 407 Å². The number of carbonyl (C=O) groups is 4. The lowest BCUT2D eigenvalue weighted by atomic mass is 10.0. The minimum atomic E-state index is -4.96. The first kappa shape index (κ1) is 94.1. The lowest BCUT2D eigenvalue weighted by molar-refractivity contribution is -0.161. The fourth-order valence-electron chi connectivity index (χ4n) is 11.9. The number of phosphoric ester groups is 2. The van der Waals surface area contributed by atoms with Crippen LogP contribution in [0.3, 0.4) is 0 Å². The Morgan fingerprint density at radius 3 is 0.708 bits per heavy atom. The molecule has 0 fully saturated rings. The van der Waals surface area contributed by atoms with Gasteiger partial charge in [0.2, 0.25) is 0 Å². The molecule has 0 aliphatic carbocycles. The lowest BCUT2D eigenvalue weighted by Crippen LogP contribution is -2.30. The summed E-state index contributed by atoms with van der Waals surface area (Å²) in [5.41, 5.74) is 0. The number of hydrogen-bond donors (Lipinski definition) is 3. The summed E-state index contributed by atoms with van der Waals surface area (Å²) in [6.45, 7) is 7.27. The van der Waals surface area contributed by atoms with E-state index in [1.165, 1.54) is 231 Å². The third-order valence-corrected chi connectivity index (χ3v) is 19.9. The van der Waals surface area contributed by atoms with E-state index in [-0.39, 0.29) is 25.7 Å². The third-order valence-electron chi connectivity index (χ3n) is 18.0. The Morgan fingerprint density at radius 2 is 0.479 bits per heavy atom. The standard InChI is InChI=1S/C77H150O17P2/c1-6-9-12-15-18-21-24-27-28-29-30-31-32-35-38-41-48-53-58-63-77(82)93-72(66-87-74(79)60-55-50-45-39-36-33-25-22-19-16-13-10-7-2)68-91-95(83,84)89-64-71(78)65-90-96(85,86)92-69-73(67-88-75(80)61-56-51-46-43-42-44-49-54-59-70(4)5)94-76(81)62-57-52-47-40-37-34-26-23-20-17-14-11-8-3/h70-73,78H,6-69H2,1-5H3,(H,83,84)(H,85,86)/t71-,72-,73-/m1/s1. The Balaban J connectivity index is 5.23. The zero-order valence-electron chi connectivity index (χ0n) is 62.5. The maximum atomic E-state index is 13.1. The molecule has 0 aromatic heterocycles. The number of carbonyl (C=O) groups excluding carboxylic acids is 4. The molecule has 0 saturated carbocycles. The third kappa shape index (κ3) is 70.5. The summed E-state index contributed by atoms with van der Waals surface area (Å²) in [4.78, 5) is 72.9. The van der Waals surface area contributed by atoms with E-state index >= 15 is 0 Å². The SMILES string of the molecule is CCCCCCCCCCCCCCCCCCCCCC(=O)O[C@H](COC(=O)CCCCCCCCCCCCCCC)COP(=O)(O)OC[C@@H](O)COP(=O)(O)OC[C@@H](COC(=O)CCCCCCCCCCC(C)C)OC(=O)CCCCCCCCCCCCCCC. The summed E-state index contributed by atoms with van der Waals surface area (Å²) < 4.78 is 68.6. The van der Waals surface area contributed by atoms with Gasteiger partial charge < -0.3 is 33.8 Å². The van der Waals surface area contributed by atoms with E-state index in [4.69, 9.17) is 37.0 Å². The van der Waals surface area contributed by atoms with Gasteiger partial charge in [-0.2, -0.15) is 0 Å². The topological polar surface area (TPSA) is 237 Å². The second-order valence-electron chi connectivity index (χ2n) is 28.2. The quantitative estimate of drug-likeness (QED) is 0.0222. The van der Waals surface area contributed by atoms with E-state index in [9.17, 15) is 43.2 Å². The van der Waals surface area contributed by atoms with Crippen molar-refractivity contribution in [2.45, 2.75) is 425 Å². The molecule has 0 heterocycles. The van der Waals surface area contributed by atoms with Crippen molar-refractivity contribution in [3.05, 3.63) is 0 Å². The zero-order valence-corrected chi connectivity index (χ0v) is 64.3. The molecule has 17 nitrogen and oxygen atoms in total. The first-order valence-electron chi connectivity index (χ1n) is 40.1. The molecule has 570 valence electrons. The number of aliphatic hydroxyl groups excluding tert-OH is 1. The predicted molar refractivity (Wildman–Crippen MR) is 391 cm³/mol. The molecule has 19 heteroatoms. The van der Waals surface area contributed by atoms with Crippen LogP contribution in [0.2, 0.25) is 0 Å². The molecule has 0 aromatic rings. The Labute approximate surface area is 588 Å². The van der Waals surface area contributed by atoms with Gasteiger partial charge >= 0.3 is 39.5 Å². The summed E-state index contributed by atoms with van der Waals surface area (Å²) in [6, 6.07) is 0. The van der Waals surface area contributed by atoms with Gasteiger partial charge in [-0.1, -0.05) is 356 Å². The van der Waals surface area contributed by atoms with Gasteiger partial charge in [-0.3, -0.25) is 37.3 Å². The van der Waals surface area contributed by atoms with Gasteiger partial charge in [0, 0.05) is 25.7 Å². The number of unbranched alkanes of at least 4 members (excludes halogenated alkanes) is 49. The molecule has 0 saturated heterocycles. The van der Waals surface area contributed by atoms with Crippen LogP contribution < -0.4 is 0 Å². The van der Waals surface area contributed by atoms with Crippen LogP contribution in [0.25, 0.3) is 0 Å². The summed E-state index contributed by atoms with van der Waals surface area (Å²) >= 11 is 0. The van der Waals surface area contributed by atoms with Gasteiger partial charge in [0.1, 0.15) is 19.3 Å². The molecule has 0 rings (SSSR count). The predicted octanol–water partition coefficient (Wildman–Crippen LogP) is 22.9. The van der Waals surface area contributed by atoms with E-state index in [2.05, 4.69) is 34.6 Å². The van der Waals surface area contributed by atoms with Crippen LogP contribution >= 0.6 is 15.6 Å². The van der Waals surface area contributed by atoms with Gasteiger partial charge in [0.25, 0.3) is 0 Å². The molecular weight excluding hydrogens is 1260 g/mol. The van der Waals surface area contributed by atoms with Crippen molar-refractivity contribution in [1.82, 2.24) is 0 Å². The fourth-order valence-corrected chi connectivity index (χ4v) is 13.5. The molecule has 0 aliphatic heterocycles. The largest absolute Gasteiger partial charge is 0.472 e. The van der Waals surface area contributed by atoms with Crippen molar-refractivity contribution in [2.24, 2.45) is 5.92 Å². The maximum absolute atomic E-state index is 13.1. The Bertz CT molecular complexity index is 1840. The summed E-state index contributed by atoms with van der Waals surface area (Å²) in [6.07, 6.45) is 59.6. The lowest BCUT2D eigenvalue weighted by Gasteiger charge is -2.21. The van der Waals surface area contributed by atoms with E-state index < -0.39 is 97.5 Å². The monoisotopic (exact) mass is 1410 g/mol. The molecule has 0 spiro atoms. The molecule has 0 amide bonds. The van der Waals surface area contributed by atoms with Crippen LogP contribution in [0.4, 0.5) is 0 Å². The second kappa shape index (κ2) is 70.1. The fraction of sp³-hybridized carbons (Fsp3) is 0.948. The van der Waals surface area contributed by atoms with Crippen molar-refractivity contribution < 1.29 is 80.2 Å². The smallest absolute Gasteiger partial charge is 0.462 e. The number of esters is 4. The average Bonchev–Trinajstić information content (AvgIpc) is 1.69. The maximum Gasteiger partial charge on any atom is 0.472 e. The highest BCUT2D eigenvalue weighted by atomic mass is 31.2. The van der Waals surface area contributed by atoms with Crippen LogP contribution in [-0.2, 0) is 65.4 Å². The molecule has 0 aromatic carbocycles. The Kier molecular flexibility index (Phi) is 68.7. The van der Waals surface area contributed by atoms with Gasteiger partial charge in [-0.25, -0.2) is 9.13 Å². The van der Waals surface area contributed by atoms with Crippen molar-refractivity contribution in [3.63, 3.8) is 0 Å². The van der Waals surface area contributed by atoms with E-state index in [1.807, 2.05) is 0 Å². The van der Waals surface area contributed by atoms with Crippen molar-refractivity contribution in [3.8, 4) is 0 Å². The molecular formula is C77H150O17P2. The molecule has 0 aliphatic rings. The van der Waals surface area contributed by atoms with Crippen LogP contribution in [-0.4, -0.2) is 96.7 Å². The molecule has 0 radical (unpaired) electrons.